The van der Waals surface area contributed by atoms with E-state index in [0.29, 0.717) is 59.9 Å². The van der Waals surface area contributed by atoms with E-state index in [4.69, 9.17) is 23.9 Å². The summed E-state index contributed by atoms with van der Waals surface area (Å²) >= 11 is 0. The van der Waals surface area contributed by atoms with Crippen molar-refractivity contribution in [2.45, 2.75) is 6.92 Å². The molecule has 4 aromatic rings. The Labute approximate surface area is 219 Å². The maximum absolute atomic E-state index is 13.0. The monoisotopic (exact) mass is 541 g/mol. The summed E-state index contributed by atoms with van der Waals surface area (Å²) in [6, 6.07) is 12.3. The van der Waals surface area contributed by atoms with Gasteiger partial charge in [-0.25, -0.2) is 9.97 Å². The topological polar surface area (TPSA) is 143 Å². The molecule has 4 heterocycles. The molecule has 3 aromatic heterocycles. The normalized spacial score (nSPS) is 14.4. The minimum atomic E-state index is -3.87. The number of hydrogen-bond acceptors (Lipinski definition) is 10. The van der Waals surface area contributed by atoms with E-state index in [0.717, 1.165) is 0 Å². The van der Waals surface area contributed by atoms with E-state index < -0.39 is 10.2 Å². The molecule has 0 unspecified atom stereocenters. The number of rotatable bonds is 9. The molecule has 5 rings (SSSR count). The molecule has 38 heavy (non-hydrogen) atoms. The molecule has 1 aliphatic rings. The first kappa shape index (κ1) is 25.6. The van der Waals surface area contributed by atoms with Gasteiger partial charge in [0.2, 0.25) is 11.5 Å². The van der Waals surface area contributed by atoms with Crippen LogP contribution in [0.2, 0.25) is 0 Å². The van der Waals surface area contributed by atoms with Crippen molar-refractivity contribution in [1.82, 2.24) is 29.0 Å². The third kappa shape index (κ3) is 4.92. The maximum Gasteiger partial charge on any atom is 0.303 e. The number of fused-ring (bicyclic) bond motifs is 1. The predicted octanol–water partition coefficient (Wildman–Crippen LogP) is 2.28. The summed E-state index contributed by atoms with van der Waals surface area (Å²) in [5.74, 6) is 1.87. The van der Waals surface area contributed by atoms with Gasteiger partial charge in [0.15, 0.2) is 11.6 Å². The third-order valence-electron chi connectivity index (χ3n) is 5.83. The van der Waals surface area contributed by atoms with Crippen LogP contribution in [0.4, 0.5) is 5.82 Å². The molecular weight excluding hydrogens is 514 g/mol. The number of ether oxygens (including phenoxy) is 4. The third-order valence-corrected chi connectivity index (χ3v) is 7.35. The molecule has 1 fully saturated rings. The van der Waals surface area contributed by atoms with E-state index in [2.05, 4.69) is 19.9 Å². The van der Waals surface area contributed by atoms with Gasteiger partial charge in [-0.15, -0.1) is 10.2 Å². The van der Waals surface area contributed by atoms with Crippen LogP contribution < -0.4 is 18.9 Å². The predicted molar refractivity (Wildman–Crippen MR) is 139 cm³/mol. The van der Waals surface area contributed by atoms with Crippen molar-refractivity contribution < 1.29 is 27.4 Å². The standard InChI is InChI=1S/C24H27N7O6S/c1-4-37-21-10-5-7-16(25-21)24-26-23-17(31(24)22-18(34-2)8-6-9-19(22)35-3)15-20(27-28-23)29-38(32,33)30-11-13-36-14-12-30/h5-10,15H,4,11-14H2,1-3H3,(H,27,29). The lowest BCUT2D eigenvalue weighted by Gasteiger charge is -2.25. The van der Waals surface area contributed by atoms with Gasteiger partial charge in [0.05, 0.1) is 39.6 Å². The van der Waals surface area contributed by atoms with Gasteiger partial charge in [0.25, 0.3) is 0 Å². The fourth-order valence-electron chi connectivity index (χ4n) is 4.14. The van der Waals surface area contributed by atoms with Gasteiger partial charge in [-0.2, -0.15) is 12.7 Å². The number of para-hydroxylation sites is 1. The Bertz CT molecular complexity index is 1530. The highest BCUT2D eigenvalue weighted by atomic mass is 32.2. The number of nitrogens with one attached hydrogen (secondary N) is 1. The highest BCUT2D eigenvalue weighted by molar-refractivity contribution is 7.90. The Morgan fingerprint density at radius 3 is 2.39 bits per heavy atom. The Morgan fingerprint density at radius 1 is 1.00 bits per heavy atom. The lowest BCUT2D eigenvalue weighted by atomic mass is 10.2. The number of nitrogens with zero attached hydrogens (tertiary/aromatic N) is 6. The molecule has 0 bridgehead atoms. The van der Waals surface area contributed by atoms with Crippen molar-refractivity contribution in [2.24, 2.45) is 0 Å². The molecule has 0 aliphatic carbocycles. The van der Waals surface area contributed by atoms with E-state index in [9.17, 15) is 8.42 Å². The van der Waals surface area contributed by atoms with Crippen LogP contribution in [-0.4, -0.2) is 84.6 Å². The van der Waals surface area contributed by atoms with Gasteiger partial charge in [-0.1, -0.05) is 12.1 Å². The SMILES string of the molecule is CCOc1cccc(-c2nc3nnc(NS(=O)(=O)N4CCOCC4)cc3n2-c2c(OC)cccc2OC)n1. The Morgan fingerprint density at radius 2 is 1.71 bits per heavy atom. The van der Waals surface area contributed by atoms with Gasteiger partial charge < -0.3 is 18.9 Å². The smallest absolute Gasteiger partial charge is 0.303 e. The number of imidazole rings is 1. The van der Waals surface area contributed by atoms with Gasteiger partial charge in [-0.05, 0) is 25.1 Å². The largest absolute Gasteiger partial charge is 0.494 e. The summed E-state index contributed by atoms with van der Waals surface area (Å²) in [5, 5.41) is 8.30. The van der Waals surface area contributed by atoms with Crippen LogP contribution in [0.25, 0.3) is 28.4 Å². The maximum atomic E-state index is 13.0. The van der Waals surface area contributed by atoms with Crippen LogP contribution in [0.1, 0.15) is 6.92 Å². The van der Waals surface area contributed by atoms with Gasteiger partial charge in [-0.3, -0.25) is 9.29 Å². The summed E-state index contributed by atoms with van der Waals surface area (Å²) in [5.41, 5.74) is 1.76. The van der Waals surface area contributed by atoms with Crippen molar-refractivity contribution in [1.29, 1.82) is 0 Å². The second-order valence-corrected chi connectivity index (χ2v) is 9.80. The first-order valence-electron chi connectivity index (χ1n) is 11.9. The molecule has 1 N–H and O–H groups in total. The molecule has 0 saturated carbocycles. The zero-order valence-electron chi connectivity index (χ0n) is 21.1. The van der Waals surface area contributed by atoms with E-state index in [-0.39, 0.29) is 24.6 Å². The quantitative estimate of drug-likeness (QED) is 0.335. The summed E-state index contributed by atoms with van der Waals surface area (Å²) in [6.45, 7) is 3.46. The highest BCUT2D eigenvalue weighted by Crippen LogP contribution is 2.38. The molecule has 0 atom stereocenters. The fourth-order valence-corrected chi connectivity index (χ4v) is 5.26. The zero-order valence-corrected chi connectivity index (χ0v) is 21.9. The summed E-state index contributed by atoms with van der Waals surface area (Å²) in [6.07, 6.45) is 0. The molecule has 1 saturated heterocycles. The second-order valence-electron chi connectivity index (χ2n) is 8.13. The Balaban J connectivity index is 1.70. The zero-order chi connectivity index (χ0) is 26.7. The summed E-state index contributed by atoms with van der Waals surface area (Å²) in [7, 11) is -0.776. The number of hydrogen-bond donors (Lipinski definition) is 1. The number of morpholine rings is 1. The van der Waals surface area contributed by atoms with Crippen LogP contribution in [0.15, 0.2) is 42.5 Å². The molecule has 0 spiro atoms. The molecular formula is C24H27N7O6S. The van der Waals surface area contributed by atoms with Crippen molar-refractivity contribution in [2.75, 3.05) is 51.9 Å². The van der Waals surface area contributed by atoms with Crippen LogP contribution in [0.3, 0.4) is 0 Å². The fraction of sp³-hybridized carbons (Fsp3) is 0.333. The molecule has 0 radical (unpaired) electrons. The van der Waals surface area contributed by atoms with Crippen LogP contribution >= 0.6 is 0 Å². The first-order chi connectivity index (χ1) is 18.4. The van der Waals surface area contributed by atoms with Crippen LogP contribution in [-0.2, 0) is 14.9 Å². The van der Waals surface area contributed by atoms with Crippen molar-refractivity contribution in [3.63, 3.8) is 0 Å². The van der Waals surface area contributed by atoms with Crippen molar-refractivity contribution in [3.8, 4) is 34.6 Å². The number of aromatic nitrogens is 5. The first-order valence-corrected chi connectivity index (χ1v) is 13.3. The van der Waals surface area contributed by atoms with Crippen LogP contribution in [0.5, 0.6) is 17.4 Å². The lowest BCUT2D eigenvalue weighted by Crippen LogP contribution is -2.43. The summed E-state index contributed by atoms with van der Waals surface area (Å²) < 4.78 is 53.7. The van der Waals surface area contributed by atoms with Gasteiger partial charge >= 0.3 is 10.2 Å². The van der Waals surface area contributed by atoms with E-state index in [1.165, 1.54) is 4.31 Å². The average Bonchev–Trinajstić information content (AvgIpc) is 3.31. The van der Waals surface area contributed by atoms with E-state index in [1.54, 1.807) is 55.2 Å². The van der Waals surface area contributed by atoms with Gasteiger partial charge in [0, 0.05) is 25.2 Å². The van der Waals surface area contributed by atoms with Crippen molar-refractivity contribution >= 4 is 27.2 Å². The van der Waals surface area contributed by atoms with E-state index >= 15 is 0 Å². The average molecular weight is 542 g/mol. The second kappa shape index (κ2) is 10.8. The molecule has 14 heteroatoms. The number of pyridine rings is 1. The number of anilines is 1. The number of benzene rings is 1. The van der Waals surface area contributed by atoms with Gasteiger partial charge in [0.1, 0.15) is 22.9 Å². The Kier molecular flexibility index (Phi) is 7.26. The minimum absolute atomic E-state index is 0.0292. The highest BCUT2D eigenvalue weighted by Gasteiger charge is 2.27. The molecule has 13 nitrogen and oxygen atoms in total. The molecule has 0 amide bonds. The summed E-state index contributed by atoms with van der Waals surface area (Å²) in [4.78, 5) is 9.30. The lowest BCUT2D eigenvalue weighted by molar-refractivity contribution is 0.0733. The van der Waals surface area contributed by atoms with Crippen LogP contribution in [0, 0.1) is 0 Å². The minimum Gasteiger partial charge on any atom is -0.494 e. The van der Waals surface area contributed by atoms with E-state index in [1.807, 2.05) is 13.0 Å². The molecule has 1 aromatic carbocycles. The molecule has 200 valence electrons. The number of methoxy groups -OCH3 is 2. The molecule has 1 aliphatic heterocycles. The Hall–Kier alpha value is -4.01. The van der Waals surface area contributed by atoms with Crippen molar-refractivity contribution in [3.05, 3.63) is 42.5 Å².